The number of hydrogen-bond donors (Lipinski definition) is 0. The highest BCUT2D eigenvalue weighted by atomic mass is 16.5. The summed E-state index contributed by atoms with van der Waals surface area (Å²) >= 11 is 0. The van der Waals surface area contributed by atoms with Crippen LogP contribution in [0.3, 0.4) is 0 Å². The topological polar surface area (TPSA) is 50.6 Å². The summed E-state index contributed by atoms with van der Waals surface area (Å²) < 4.78 is 7.27. The summed E-state index contributed by atoms with van der Waals surface area (Å²) in [5.74, 6) is 0.0466. The second-order valence-electron chi connectivity index (χ2n) is 5.29. The molecule has 21 heavy (non-hydrogen) atoms. The largest absolute Gasteiger partial charge is 0.378 e. The SMILES string of the molecule is CC.Cc1c(C(=O)N2CCOCC2)nn2c1CN(C)CC2. The van der Waals surface area contributed by atoms with Crippen LogP contribution < -0.4 is 0 Å². The van der Waals surface area contributed by atoms with Gasteiger partial charge >= 0.3 is 0 Å². The first-order chi connectivity index (χ1) is 10.2. The van der Waals surface area contributed by atoms with E-state index >= 15 is 0 Å². The normalized spacial score (nSPS) is 18.8. The summed E-state index contributed by atoms with van der Waals surface area (Å²) in [4.78, 5) is 16.6. The zero-order valence-corrected chi connectivity index (χ0v) is 13.6. The minimum absolute atomic E-state index is 0.0466. The summed E-state index contributed by atoms with van der Waals surface area (Å²) in [6, 6.07) is 0. The summed E-state index contributed by atoms with van der Waals surface area (Å²) in [5.41, 5.74) is 2.82. The van der Waals surface area contributed by atoms with Gasteiger partial charge in [-0.05, 0) is 14.0 Å². The zero-order valence-electron chi connectivity index (χ0n) is 13.6. The van der Waals surface area contributed by atoms with Crippen molar-refractivity contribution in [2.45, 2.75) is 33.9 Å². The molecule has 0 bridgehead atoms. The van der Waals surface area contributed by atoms with E-state index in [1.165, 1.54) is 5.69 Å². The van der Waals surface area contributed by atoms with Crippen LogP contribution in [0.5, 0.6) is 0 Å². The molecular formula is C15H26N4O2. The second kappa shape index (κ2) is 7.04. The molecule has 2 aliphatic rings. The number of carbonyl (C=O) groups excluding carboxylic acids is 1. The Labute approximate surface area is 126 Å². The number of likely N-dealkylation sites (N-methyl/N-ethyl adjacent to an activating group) is 1. The lowest BCUT2D eigenvalue weighted by Gasteiger charge is -2.26. The Kier molecular flexibility index (Phi) is 5.36. The van der Waals surface area contributed by atoms with Crippen molar-refractivity contribution in [3.63, 3.8) is 0 Å². The molecule has 1 aromatic rings. The minimum Gasteiger partial charge on any atom is -0.378 e. The van der Waals surface area contributed by atoms with Crippen molar-refractivity contribution in [3.05, 3.63) is 17.0 Å². The summed E-state index contributed by atoms with van der Waals surface area (Å²) in [7, 11) is 2.10. The maximum Gasteiger partial charge on any atom is 0.274 e. The zero-order chi connectivity index (χ0) is 15.4. The van der Waals surface area contributed by atoms with Gasteiger partial charge in [-0.2, -0.15) is 5.10 Å². The van der Waals surface area contributed by atoms with E-state index in [2.05, 4.69) is 17.0 Å². The predicted octanol–water partition coefficient (Wildman–Crippen LogP) is 1.14. The standard InChI is InChI=1S/C13H20N4O2.C2H6/c1-10-11-9-15(2)3-4-17(11)14-12(10)13(18)16-5-7-19-8-6-16;1-2/h3-9H2,1-2H3;1-2H3. The number of hydrogen-bond acceptors (Lipinski definition) is 4. The molecule has 1 aromatic heterocycles. The van der Waals surface area contributed by atoms with Gasteiger partial charge < -0.3 is 9.64 Å². The number of nitrogens with zero attached hydrogens (tertiary/aromatic N) is 4. The maximum absolute atomic E-state index is 12.5. The molecule has 1 saturated heterocycles. The molecule has 6 nitrogen and oxygen atoms in total. The molecule has 2 aliphatic heterocycles. The van der Waals surface area contributed by atoms with Crippen LogP contribution in [0.1, 0.15) is 35.6 Å². The molecule has 1 fully saturated rings. The third-order valence-corrected chi connectivity index (χ3v) is 3.93. The van der Waals surface area contributed by atoms with Crippen molar-refractivity contribution < 1.29 is 9.53 Å². The first kappa shape index (κ1) is 16.0. The average Bonchev–Trinajstić information content (AvgIpc) is 2.86. The number of carbonyl (C=O) groups is 1. The number of aromatic nitrogens is 2. The quantitative estimate of drug-likeness (QED) is 0.779. The van der Waals surface area contributed by atoms with Crippen molar-refractivity contribution >= 4 is 5.91 Å². The van der Waals surface area contributed by atoms with E-state index in [1.807, 2.05) is 30.4 Å². The molecule has 0 aliphatic carbocycles. The van der Waals surface area contributed by atoms with E-state index in [9.17, 15) is 4.79 Å². The Hall–Kier alpha value is -1.40. The molecule has 0 saturated carbocycles. The van der Waals surface area contributed by atoms with Crippen LogP contribution in [0.2, 0.25) is 0 Å². The lowest BCUT2D eigenvalue weighted by Crippen LogP contribution is -2.41. The van der Waals surface area contributed by atoms with Gasteiger partial charge in [-0.15, -0.1) is 0 Å². The van der Waals surface area contributed by atoms with Gasteiger partial charge in [0.1, 0.15) is 0 Å². The van der Waals surface area contributed by atoms with Gasteiger partial charge in [0, 0.05) is 31.7 Å². The fraction of sp³-hybridized carbons (Fsp3) is 0.733. The van der Waals surface area contributed by atoms with Crippen LogP contribution in [-0.4, -0.2) is 65.4 Å². The van der Waals surface area contributed by atoms with Gasteiger partial charge in [0.2, 0.25) is 0 Å². The summed E-state index contributed by atoms with van der Waals surface area (Å²) in [5, 5.41) is 4.52. The third-order valence-electron chi connectivity index (χ3n) is 3.93. The summed E-state index contributed by atoms with van der Waals surface area (Å²) in [6.45, 7) is 11.3. The highest BCUT2D eigenvalue weighted by Crippen LogP contribution is 2.20. The smallest absolute Gasteiger partial charge is 0.274 e. The Morgan fingerprint density at radius 1 is 1.14 bits per heavy atom. The van der Waals surface area contributed by atoms with Crippen LogP contribution in [0, 0.1) is 6.92 Å². The molecule has 3 heterocycles. The molecular weight excluding hydrogens is 268 g/mol. The average molecular weight is 294 g/mol. The van der Waals surface area contributed by atoms with E-state index in [0.29, 0.717) is 32.0 Å². The number of amides is 1. The van der Waals surface area contributed by atoms with Gasteiger partial charge in [-0.1, -0.05) is 13.8 Å². The van der Waals surface area contributed by atoms with Gasteiger partial charge in [-0.3, -0.25) is 14.4 Å². The first-order valence-corrected chi connectivity index (χ1v) is 7.78. The molecule has 0 radical (unpaired) electrons. The van der Waals surface area contributed by atoms with Gasteiger partial charge in [0.15, 0.2) is 5.69 Å². The number of fused-ring (bicyclic) bond motifs is 1. The van der Waals surface area contributed by atoms with Crippen molar-refractivity contribution in [2.75, 3.05) is 39.9 Å². The van der Waals surface area contributed by atoms with Crippen LogP contribution >= 0.6 is 0 Å². The monoisotopic (exact) mass is 294 g/mol. The van der Waals surface area contributed by atoms with E-state index in [1.54, 1.807) is 0 Å². The van der Waals surface area contributed by atoms with E-state index in [0.717, 1.165) is 25.2 Å². The van der Waals surface area contributed by atoms with Crippen LogP contribution in [0.4, 0.5) is 0 Å². The summed E-state index contributed by atoms with van der Waals surface area (Å²) in [6.07, 6.45) is 0. The number of morpholine rings is 1. The fourth-order valence-electron chi connectivity index (χ4n) is 2.69. The van der Waals surface area contributed by atoms with E-state index in [-0.39, 0.29) is 5.91 Å². The lowest BCUT2D eigenvalue weighted by molar-refractivity contribution is 0.0298. The molecule has 0 spiro atoms. The highest BCUT2D eigenvalue weighted by Gasteiger charge is 2.27. The van der Waals surface area contributed by atoms with Crippen molar-refractivity contribution in [2.24, 2.45) is 0 Å². The highest BCUT2D eigenvalue weighted by molar-refractivity contribution is 5.94. The minimum atomic E-state index is 0.0466. The first-order valence-electron chi connectivity index (χ1n) is 7.78. The number of rotatable bonds is 1. The fourth-order valence-corrected chi connectivity index (χ4v) is 2.69. The molecule has 0 unspecified atom stereocenters. The molecule has 0 N–H and O–H groups in total. The Morgan fingerprint density at radius 3 is 2.48 bits per heavy atom. The third kappa shape index (κ3) is 3.27. The molecule has 6 heteroatoms. The molecule has 3 rings (SSSR count). The predicted molar refractivity (Wildman–Crippen MR) is 81.4 cm³/mol. The molecule has 0 atom stereocenters. The van der Waals surface area contributed by atoms with Crippen molar-refractivity contribution in [3.8, 4) is 0 Å². The Morgan fingerprint density at radius 2 is 1.81 bits per heavy atom. The van der Waals surface area contributed by atoms with Gasteiger partial charge in [0.25, 0.3) is 5.91 Å². The molecule has 0 aromatic carbocycles. The van der Waals surface area contributed by atoms with Gasteiger partial charge in [-0.25, -0.2) is 0 Å². The lowest BCUT2D eigenvalue weighted by atomic mass is 10.1. The van der Waals surface area contributed by atoms with E-state index < -0.39 is 0 Å². The van der Waals surface area contributed by atoms with Gasteiger partial charge in [0.05, 0.1) is 25.5 Å². The van der Waals surface area contributed by atoms with Crippen molar-refractivity contribution in [1.29, 1.82) is 0 Å². The van der Waals surface area contributed by atoms with Crippen LogP contribution in [-0.2, 0) is 17.8 Å². The Bertz CT molecular complexity index is 492. The second-order valence-corrected chi connectivity index (χ2v) is 5.29. The van der Waals surface area contributed by atoms with Crippen LogP contribution in [0.15, 0.2) is 0 Å². The Balaban J connectivity index is 0.000000774. The molecule has 1 amide bonds. The van der Waals surface area contributed by atoms with E-state index in [4.69, 9.17) is 4.74 Å². The van der Waals surface area contributed by atoms with Crippen molar-refractivity contribution in [1.82, 2.24) is 19.6 Å². The molecule has 118 valence electrons. The number of ether oxygens (including phenoxy) is 1. The van der Waals surface area contributed by atoms with Crippen LogP contribution in [0.25, 0.3) is 0 Å². The maximum atomic E-state index is 12.5.